The molecule has 1 aliphatic rings. The minimum atomic E-state index is -0.134. The van der Waals surface area contributed by atoms with Gasteiger partial charge in [0.15, 0.2) is 0 Å². The summed E-state index contributed by atoms with van der Waals surface area (Å²) in [6, 6.07) is 17.8. The zero-order valence-corrected chi connectivity index (χ0v) is 14.3. The fourth-order valence-electron chi connectivity index (χ4n) is 2.83. The Morgan fingerprint density at radius 2 is 1.87 bits per heavy atom. The highest BCUT2D eigenvalue weighted by Gasteiger charge is 2.31. The van der Waals surface area contributed by atoms with E-state index in [-0.39, 0.29) is 24.7 Å². The highest BCUT2D eigenvalue weighted by atomic mass is 79.9. The third-order valence-electron chi connectivity index (χ3n) is 4.03. The third-order valence-corrected chi connectivity index (χ3v) is 4.56. The van der Waals surface area contributed by atoms with Crippen molar-refractivity contribution in [1.29, 1.82) is 0 Å². The summed E-state index contributed by atoms with van der Waals surface area (Å²) in [5.74, 6) is -0.00730. The molecule has 2 aromatic rings. The van der Waals surface area contributed by atoms with Crippen LogP contribution < -0.4 is 0 Å². The molecule has 3 rings (SSSR count). The van der Waals surface area contributed by atoms with Gasteiger partial charge in [-0.15, -0.1) is 6.58 Å². The average molecular weight is 372 g/mol. The fourth-order valence-corrected chi connectivity index (χ4v) is 3.09. The predicted octanol–water partition coefficient (Wildman–Crippen LogP) is 4.28. The molecule has 1 saturated heterocycles. The van der Waals surface area contributed by atoms with Crippen molar-refractivity contribution in [1.82, 2.24) is 4.90 Å². The quantitative estimate of drug-likeness (QED) is 0.750. The second-order valence-corrected chi connectivity index (χ2v) is 6.40. The molecule has 1 fully saturated rings. The molecule has 118 valence electrons. The van der Waals surface area contributed by atoms with Gasteiger partial charge in [0, 0.05) is 4.47 Å². The molecule has 4 heteroatoms. The van der Waals surface area contributed by atoms with Crippen molar-refractivity contribution in [2.45, 2.75) is 12.1 Å². The predicted molar refractivity (Wildman–Crippen MR) is 93.9 cm³/mol. The van der Waals surface area contributed by atoms with E-state index < -0.39 is 0 Å². The van der Waals surface area contributed by atoms with E-state index in [4.69, 9.17) is 4.74 Å². The number of morpholine rings is 1. The number of carbonyl (C=O) groups excluding carboxylic acids is 1. The average Bonchev–Trinajstić information content (AvgIpc) is 2.59. The first-order valence-electron chi connectivity index (χ1n) is 7.53. The maximum absolute atomic E-state index is 12.3. The van der Waals surface area contributed by atoms with Crippen LogP contribution >= 0.6 is 15.9 Å². The Kier molecular flexibility index (Phi) is 4.94. The Balaban J connectivity index is 1.84. The van der Waals surface area contributed by atoms with Gasteiger partial charge in [-0.25, -0.2) is 0 Å². The molecule has 1 heterocycles. The van der Waals surface area contributed by atoms with E-state index in [1.165, 1.54) is 0 Å². The Hall–Kier alpha value is -1.91. The van der Waals surface area contributed by atoms with Gasteiger partial charge in [0.1, 0.15) is 12.7 Å². The molecule has 23 heavy (non-hydrogen) atoms. The Bertz CT molecular complexity index is 684. The van der Waals surface area contributed by atoms with E-state index in [1.54, 1.807) is 0 Å². The van der Waals surface area contributed by atoms with E-state index in [1.807, 2.05) is 65.6 Å². The first-order chi connectivity index (χ1) is 11.2. The van der Waals surface area contributed by atoms with Crippen molar-refractivity contribution in [3.05, 3.63) is 82.9 Å². The van der Waals surface area contributed by atoms with Crippen LogP contribution in [0.4, 0.5) is 0 Å². The minimum Gasteiger partial charge on any atom is -0.362 e. The first kappa shape index (κ1) is 16.0. The molecule has 0 unspecified atom stereocenters. The van der Waals surface area contributed by atoms with Gasteiger partial charge >= 0.3 is 0 Å². The van der Waals surface area contributed by atoms with Crippen LogP contribution in [0.15, 0.2) is 71.7 Å². The van der Waals surface area contributed by atoms with Crippen molar-refractivity contribution < 1.29 is 9.53 Å². The molecule has 0 radical (unpaired) electrons. The van der Waals surface area contributed by atoms with E-state index in [9.17, 15) is 4.79 Å². The minimum absolute atomic E-state index is 0.00730. The lowest BCUT2D eigenvalue weighted by Crippen LogP contribution is -2.44. The zero-order chi connectivity index (χ0) is 16.2. The van der Waals surface area contributed by atoms with Crippen molar-refractivity contribution in [2.24, 2.45) is 0 Å². The van der Waals surface area contributed by atoms with Gasteiger partial charge in [0.2, 0.25) is 5.91 Å². The summed E-state index contributed by atoms with van der Waals surface area (Å²) in [4.78, 5) is 14.2. The number of amides is 1. The van der Waals surface area contributed by atoms with Crippen LogP contribution in [0.3, 0.4) is 0 Å². The number of ether oxygens (including phenoxy) is 1. The standard InChI is InChI=1S/C19H18BrNO2/c1-2-17(14-6-4-3-5-7-14)21-12-18(23-13-19(21)22)15-8-10-16(20)11-9-15/h2-11,17-18H,1,12-13H2/t17-,18-/m1/s1. The summed E-state index contributed by atoms with van der Waals surface area (Å²) in [6.45, 7) is 4.53. The number of rotatable bonds is 4. The normalized spacial score (nSPS) is 19.4. The van der Waals surface area contributed by atoms with Crippen LogP contribution in [0.5, 0.6) is 0 Å². The van der Waals surface area contributed by atoms with Crippen molar-refractivity contribution >= 4 is 21.8 Å². The molecule has 2 aromatic carbocycles. The molecule has 3 nitrogen and oxygen atoms in total. The van der Waals surface area contributed by atoms with Gasteiger partial charge in [-0.3, -0.25) is 4.79 Å². The summed E-state index contributed by atoms with van der Waals surface area (Å²) < 4.78 is 6.76. The van der Waals surface area contributed by atoms with Gasteiger partial charge in [0.05, 0.1) is 12.6 Å². The summed E-state index contributed by atoms with van der Waals surface area (Å²) in [5, 5.41) is 0. The first-order valence-corrected chi connectivity index (χ1v) is 8.32. The zero-order valence-electron chi connectivity index (χ0n) is 12.7. The lowest BCUT2D eigenvalue weighted by Gasteiger charge is -2.37. The molecule has 0 aromatic heterocycles. The molecule has 2 atom stereocenters. The highest BCUT2D eigenvalue weighted by molar-refractivity contribution is 9.10. The van der Waals surface area contributed by atoms with Crippen molar-refractivity contribution in [3.63, 3.8) is 0 Å². The van der Waals surface area contributed by atoms with Gasteiger partial charge in [-0.2, -0.15) is 0 Å². The highest BCUT2D eigenvalue weighted by Crippen LogP contribution is 2.30. The number of halogens is 1. The Morgan fingerprint density at radius 1 is 1.17 bits per heavy atom. The second-order valence-electron chi connectivity index (χ2n) is 5.49. The maximum atomic E-state index is 12.3. The molecule has 0 spiro atoms. The molecule has 0 N–H and O–H groups in total. The second kappa shape index (κ2) is 7.11. The number of nitrogens with zero attached hydrogens (tertiary/aromatic N) is 1. The van der Waals surface area contributed by atoms with Gasteiger partial charge < -0.3 is 9.64 Å². The summed E-state index contributed by atoms with van der Waals surface area (Å²) in [5.41, 5.74) is 2.13. The Labute approximate surface area is 144 Å². The van der Waals surface area contributed by atoms with Crippen LogP contribution in [-0.4, -0.2) is 24.0 Å². The molecule has 0 aliphatic carbocycles. The van der Waals surface area contributed by atoms with Crippen molar-refractivity contribution in [2.75, 3.05) is 13.2 Å². The smallest absolute Gasteiger partial charge is 0.249 e. The molecule has 1 aliphatic heterocycles. The molecular formula is C19H18BrNO2. The van der Waals surface area contributed by atoms with Crippen molar-refractivity contribution in [3.8, 4) is 0 Å². The summed E-state index contributed by atoms with van der Waals surface area (Å²) in [6.07, 6.45) is 1.70. The lowest BCUT2D eigenvalue weighted by molar-refractivity contribution is -0.151. The fraction of sp³-hybridized carbons (Fsp3) is 0.211. The monoisotopic (exact) mass is 371 g/mol. The molecule has 1 amide bonds. The van der Waals surface area contributed by atoms with Crippen LogP contribution in [-0.2, 0) is 9.53 Å². The third kappa shape index (κ3) is 3.54. The van der Waals surface area contributed by atoms with Crippen LogP contribution in [0, 0.1) is 0 Å². The van der Waals surface area contributed by atoms with Crippen LogP contribution in [0.1, 0.15) is 23.3 Å². The van der Waals surface area contributed by atoms with E-state index >= 15 is 0 Å². The van der Waals surface area contributed by atoms with E-state index in [2.05, 4.69) is 22.5 Å². The molecule has 0 bridgehead atoms. The van der Waals surface area contributed by atoms with Gasteiger partial charge in [-0.1, -0.05) is 64.5 Å². The summed E-state index contributed by atoms with van der Waals surface area (Å²) in [7, 11) is 0. The van der Waals surface area contributed by atoms with E-state index in [0.717, 1.165) is 15.6 Å². The molecule has 0 saturated carbocycles. The van der Waals surface area contributed by atoms with Crippen LogP contribution in [0.2, 0.25) is 0 Å². The summed E-state index contributed by atoms with van der Waals surface area (Å²) >= 11 is 3.44. The SMILES string of the molecule is C=C[C@H](c1ccccc1)N1C[C@H](c2ccc(Br)cc2)OCC1=O. The number of hydrogen-bond acceptors (Lipinski definition) is 2. The van der Waals surface area contributed by atoms with Gasteiger partial charge in [-0.05, 0) is 23.3 Å². The maximum Gasteiger partial charge on any atom is 0.249 e. The van der Waals surface area contributed by atoms with Gasteiger partial charge in [0.25, 0.3) is 0 Å². The topological polar surface area (TPSA) is 29.5 Å². The lowest BCUT2D eigenvalue weighted by atomic mass is 10.0. The Morgan fingerprint density at radius 3 is 2.52 bits per heavy atom. The molecular weight excluding hydrogens is 354 g/mol. The number of carbonyl (C=O) groups is 1. The largest absolute Gasteiger partial charge is 0.362 e. The van der Waals surface area contributed by atoms with E-state index in [0.29, 0.717) is 6.54 Å². The van der Waals surface area contributed by atoms with Crippen LogP contribution in [0.25, 0.3) is 0 Å². The number of benzene rings is 2. The number of hydrogen-bond donors (Lipinski definition) is 0.